The van der Waals surface area contributed by atoms with Gasteiger partial charge in [0, 0.05) is 25.1 Å². The summed E-state index contributed by atoms with van der Waals surface area (Å²) in [7, 11) is -0.336. The van der Waals surface area contributed by atoms with Gasteiger partial charge >= 0.3 is 0 Å². The van der Waals surface area contributed by atoms with Crippen molar-refractivity contribution >= 4 is 22.2 Å². The highest BCUT2D eigenvalue weighted by atomic mass is 32.2. The zero-order valence-electron chi connectivity index (χ0n) is 15.3. The number of ether oxygens (including phenoxy) is 1. The van der Waals surface area contributed by atoms with E-state index in [0.717, 1.165) is 0 Å². The Morgan fingerprint density at radius 2 is 2.12 bits per heavy atom. The molecule has 1 unspecified atom stereocenters. The Balaban J connectivity index is 2.23. The maximum Gasteiger partial charge on any atom is 0.250 e. The predicted octanol–water partition coefficient (Wildman–Crippen LogP) is 1.70. The fourth-order valence-corrected chi connectivity index (χ4v) is 3.48. The van der Waals surface area contributed by atoms with Gasteiger partial charge in [-0.15, -0.1) is 0 Å². The van der Waals surface area contributed by atoms with Gasteiger partial charge in [-0.2, -0.15) is 4.98 Å². The van der Waals surface area contributed by atoms with E-state index in [1.165, 1.54) is 13.2 Å². The molecular formula is C17H24N4O4S. The smallest absolute Gasteiger partial charge is 0.250 e. The summed E-state index contributed by atoms with van der Waals surface area (Å²) in [6, 6.07) is 5.14. The Kier molecular flexibility index (Phi) is 6.90. The van der Waals surface area contributed by atoms with Gasteiger partial charge in [0.15, 0.2) is 5.82 Å². The molecule has 1 aromatic carbocycles. The number of nitrogens with one attached hydrogen (secondary N) is 2. The quantitative estimate of drug-likeness (QED) is 0.682. The van der Waals surface area contributed by atoms with E-state index < -0.39 is 10.0 Å². The third-order valence-electron chi connectivity index (χ3n) is 3.70. The summed E-state index contributed by atoms with van der Waals surface area (Å²) in [5, 5.41) is 7.03. The van der Waals surface area contributed by atoms with E-state index in [1.807, 2.05) is 14.0 Å². The van der Waals surface area contributed by atoms with Crippen LogP contribution in [0.4, 0.5) is 0 Å². The van der Waals surface area contributed by atoms with Crippen molar-refractivity contribution in [1.82, 2.24) is 20.2 Å². The molecule has 8 nitrogen and oxygen atoms in total. The molecule has 0 fully saturated rings. The van der Waals surface area contributed by atoms with Gasteiger partial charge in [0.05, 0.1) is 7.11 Å². The summed E-state index contributed by atoms with van der Waals surface area (Å²) in [6.45, 7) is 4.03. The molecule has 0 radical (unpaired) electrons. The van der Waals surface area contributed by atoms with Crippen molar-refractivity contribution < 1.29 is 17.7 Å². The van der Waals surface area contributed by atoms with Crippen LogP contribution < -0.4 is 14.8 Å². The van der Waals surface area contributed by atoms with Gasteiger partial charge in [-0.3, -0.25) is 0 Å². The molecule has 2 aromatic rings. The molecule has 0 aliphatic heterocycles. The molecule has 2 N–H and O–H groups in total. The number of methoxy groups -OCH3 is 1. The van der Waals surface area contributed by atoms with Crippen molar-refractivity contribution in [2.24, 2.45) is 0 Å². The van der Waals surface area contributed by atoms with Crippen LogP contribution in [-0.2, 0) is 16.4 Å². The highest BCUT2D eigenvalue weighted by Crippen LogP contribution is 2.25. The second-order valence-electron chi connectivity index (χ2n) is 5.69. The summed E-state index contributed by atoms with van der Waals surface area (Å²) < 4.78 is 37.4. The molecule has 0 bridgehead atoms. The van der Waals surface area contributed by atoms with Crippen LogP contribution in [0.5, 0.6) is 5.75 Å². The van der Waals surface area contributed by atoms with Crippen LogP contribution in [0.2, 0.25) is 0 Å². The summed E-state index contributed by atoms with van der Waals surface area (Å²) >= 11 is 0. The summed E-state index contributed by atoms with van der Waals surface area (Å²) in [4.78, 5) is 4.37. The summed E-state index contributed by atoms with van der Waals surface area (Å²) in [5.74, 6) is 1.25. The summed E-state index contributed by atoms with van der Waals surface area (Å²) in [6.07, 6.45) is 4.01. The van der Waals surface area contributed by atoms with Crippen molar-refractivity contribution in [1.29, 1.82) is 0 Å². The second kappa shape index (κ2) is 8.93. The molecule has 1 heterocycles. The zero-order valence-corrected chi connectivity index (χ0v) is 16.1. The molecule has 142 valence electrons. The Bertz CT molecular complexity index is 861. The zero-order chi connectivity index (χ0) is 19.2. The lowest BCUT2D eigenvalue weighted by Gasteiger charge is -2.10. The van der Waals surface area contributed by atoms with E-state index in [2.05, 4.69) is 20.2 Å². The Morgan fingerprint density at radius 1 is 1.35 bits per heavy atom. The SMILES string of the molecule is CCNS(=O)(=O)c1cc(/C=C/c2nc(CC(C)NC)no2)ccc1OC. The first-order valence-electron chi connectivity index (χ1n) is 8.25. The first kappa shape index (κ1) is 20.1. The van der Waals surface area contributed by atoms with Gasteiger partial charge in [0.25, 0.3) is 5.89 Å². The van der Waals surface area contributed by atoms with Gasteiger partial charge < -0.3 is 14.6 Å². The highest BCUT2D eigenvalue weighted by molar-refractivity contribution is 7.89. The lowest BCUT2D eigenvalue weighted by atomic mass is 10.2. The number of likely N-dealkylation sites (N-methyl/N-ethyl adjacent to an activating group) is 1. The van der Waals surface area contributed by atoms with E-state index in [9.17, 15) is 8.42 Å². The molecule has 0 aliphatic rings. The van der Waals surface area contributed by atoms with Crippen molar-refractivity contribution in [3.05, 3.63) is 35.5 Å². The average Bonchev–Trinajstić information content (AvgIpc) is 3.06. The monoisotopic (exact) mass is 380 g/mol. The van der Waals surface area contributed by atoms with Gasteiger partial charge in [-0.25, -0.2) is 13.1 Å². The van der Waals surface area contributed by atoms with E-state index in [-0.39, 0.29) is 16.7 Å². The fraction of sp³-hybridized carbons (Fsp3) is 0.412. The van der Waals surface area contributed by atoms with E-state index >= 15 is 0 Å². The number of hydrogen-bond acceptors (Lipinski definition) is 7. The molecule has 0 saturated heterocycles. The van der Waals surface area contributed by atoms with Crippen molar-refractivity contribution in [2.75, 3.05) is 20.7 Å². The van der Waals surface area contributed by atoms with E-state index in [1.54, 1.807) is 31.2 Å². The lowest BCUT2D eigenvalue weighted by Crippen LogP contribution is -2.24. The minimum absolute atomic E-state index is 0.0815. The number of benzene rings is 1. The number of nitrogens with zero attached hydrogens (tertiary/aromatic N) is 2. The molecule has 1 aromatic heterocycles. The lowest BCUT2D eigenvalue weighted by molar-refractivity contribution is 0.400. The maximum atomic E-state index is 12.3. The molecule has 2 rings (SSSR count). The number of rotatable bonds is 9. The largest absolute Gasteiger partial charge is 0.495 e. The van der Waals surface area contributed by atoms with Gasteiger partial charge in [0.1, 0.15) is 10.6 Å². The average molecular weight is 380 g/mol. The predicted molar refractivity (Wildman–Crippen MR) is 99.3 cm³/mol. The third kappa shape index (κ3) is 5.13. The van der Waals surface area contributed by atoms with Crippen LogP contribution in [0.1, 0.15) is 31.1 Å². The first-order chi connectivity index (χ1) is 12.4. The van der Waals surface area contributed by atoms with Crippen LogP contribution in [0.25, 0.3) is 12.2 Å². The molecular weight excluding hydrogens is 356 g/mol. The maximum absolute atomic E-state index is 12.3. The van der Waals surface area contributed by atoms with Crippen LogP contribution in [-0.4, -0.2) is 45.3 Å². The minimum Gasteiger partial charge on any atom is -0.495 e. The molecule has 0 aliphatic carbocycles. The molecule has 9 heteroatoms. The Morgan fingerprint density at radius 3 is 2.77 bits per heavy atom. The van der Waals surface area contributed by atoms with Crippen LogP contribution in [0.15, 0.2) is 27.6 Å². The Hall–Kier alpha value is -2.23. The Labute approximate surface area is 153 Å². The van der Waals surface area contributed by atoms with Crippen molar-refractivity contribution in [3.8, 4) is 5.75 Å². The number of sulfonamides is 1. The summed E-state index contributed by atoms with van der Waals surface area (Å²) in [5.41, 5.74) is 0.672. The van der Waals surface area contributed by atoms with Crippen molar-refractivity contribution in [2.45, 2.75) is 31.2 Å². The van der Waals surface area contributed by atoms with Gasteiger partial charge in [-0.05, 0) is 37.7 Å². The standard InChI is InChI=1S/C17H24N4O4S/c1-5-19-26(22,23)15-11-13(6-8-14(15)24-4)7-9-17-20-16(21-25-17)10-12(2)18-3/h6-9,11-12,18-19H,5,10H2,1-4H3/b9-7+. The van der Waals surface area contributed by atoms with Crippen LogP contribution in [0, 0.1) is 0 Å². The van der Waals surface area contributed by atoms with E-state index in [4.69, 9.17) is 9.26 Å². The highest BCUT2D eigenvalue weighted by Gasteiger charge is 2.18. The van der Waals surface area contributed by atoms with Gasteiger partial charge in [-0.1, -0.05) is 18.1 Å². The molecule has 0 amide bonds. The van der Waals surface area contributed by atoms with Crippen LogP contribution >= 0.6 is 0 Å². The minimum atomic E-state index is -3.64. The molecule has 1 atom stereocenters. The number of hydrogen-bond donors (Lipinski definition) is 2. The van der Waals surface area contributed by atoms with E-state index in [0.29, 0.717) is 30.2 Å². The number of aromatic nitrogens is 2. The van der Waals surface area contributed by atoms with Crippen LogP contribution in [0.3, 0.4) is 0 Å². The van der Waals surface area contributed by atoms with Gasteiger partial charge in [0.2, 0.25) is 10.0 Å². The topological polar surface area (TPSA) is 106 Å². The second-order valence-corrected chi connectivity index (χ2v) is 7.42. The van der Waals surface area contributed by atoms with Crippen molar-refractivity contribution in [3.63, 3.8) is 0 Å². The molecule has 0 saturated carbocycles. The third-order valence-corrected chi connectivity index (χ3v) is 5.26. The fourth-order valence-electron chi connectivity index (χ4n) is 2.24. The molecule has 26 heavy (non-hydrogen) atoms. The first-order valence-corrected chi connectivity index (χ1v) is 9.73. The molecule has 0 spiro atoms. The normalized spacial score (nSPS) is 13.2.